The van der Waals surface area contributed by atoms with Crippen molar-refractivity contribution in [3.63, 3.8) is 0 Å². The minimum Gasteiger partial charge on any atom is -0.378 e. The molecule has 0 saturated heterocycles. The maximum atomic E-state index is 10.3. The first-order valence-corrected chi connectivity index (χ1v) is 6.60. The van der Waals surface area contributed by atoms with Gasteiger partial charge in [0.2, 0.25) is 0 Å². The van der Waals surface area contributed by atoms with E-state index in [1.807, 2.05) is 86.5 Å². The van der Waals surface area contributed by atoms with Crippen molar-refractivity contribution < 1.29 is 5.11 Å². The SMILES string of the molecule is CN(C)c1ccc([C](O)c2ccc(N(C)C)cc2)cc1. The molecular formula is C17H21N2O. The first-order valence-electron chi connectivity index (χ1n) is 6.60. The Balaban J connectivity index is 2.19. The quantitative estimate of drug-likeness (QED) is 0.924. The Morgan fingerprint density at radius 2 is 0.950 bits per heavy atom. The van der Waals surface area contributed by atoms with Crippen LogP contribution in [0, 0.1) is 6.10 Å². The molecule has 3 nitrogen and oxygen atoms in total. The molecular weight excluding hydrogens is 248 g/mol. The van der Waals surface area contributed by atoms with Crippen LogP contribution in [0.1, 0.15) is 11.1 Å². The van der Waals surface area contributed by atoms with Crippen molar-refractivity contribution >= 4 is 11.4 Å². The molecule has 0 aliphatic rings. The standard InChI is InChI=1S/C17H21N2O/c1-18(2)15-9-5-13(6-10-15)17(20)14-7-11-16(12-8-14)19(3)4/h5-12,20H,1-4H3. The van der Waals surface area contributed by atoms with E-state index in [0.29, 0.717) is 6.10 Å². The Hall–Kier alpha value is -2.00. The summed E-state index contributed by atoms with van der Waals surface area (Å²) in [5.41, 5.74) is 3.88. The Kier molecular flexibility index (Phi) is 4.30. The maximum absolute atomic E-state index is 10.3. The molecule has 0 bridgehead atoms. The van der Waals surface area contributed by atoms with Crippen LogP contribution >= 0.6 is 0 Å². The lowest BCUT2D eigenvalue weighted by molar-refractivity contribution is 0.356. The molecule has 0 aliphatic carbocycles. The molecule has 0 fully saturated rings. The maximum Gasteiger partial charge on any atom is 0.152 e. The summed E-state index contributed by atoms with van der Waals surface area (Å²) < 4.78 is 0. The molecule has 0 atom stereocenters. The van der Waals surface area contributed by atoms with Crippen molar-refractivity contribution in [3.05, 3.63) is 65.8 Å². The minimum atomic E-state index is 0.306. The Morgan fingerprint density at radius 1 is 0.650 bits per heavy atom. The van der Waals surface area contributed by atoms with Crippen molar-refractivity contribution in [2.75, 3.05) is 38.0 Å². The fraction of sp³-hybridized carbons (Fsp3) is 0.235. The van der Waals surface area contributed by atoms with Crippen molar-refractivity contribution in [1.29, 1.82) is 0 Å². The molecule has 0 amide bonds. The molecule has 0 heterocycles. The molecule has 0 saturated carbocycles. The molecule has 105 valence electrons. The zero-order valence-corrected chi connectivity index (χ0v) is 12.5. The third-order valence-corrected chi connectivity index (χ3v) is 3.31. The van der Waals surface area contributed by atoms with Crippen LogP contribution in [0.4, 0.5) is 11.4 Å². The van der Waals surface area contributed by atoms with E-state index >= 15 is 0 Å². The van der Waals surface area contributed by atoms with E-state index in [9.17, 15) is 5.11 Å². The van der Waals surface area contributed by atoms with Crippen molar-refractivity contribution in [1.82, 2.24) is 0 Å². The van der Waals surface area contributed by atoms with Gasteiger partial charge >= 0.3 is 0 Å². The van der Waals surface area contributed by atoms with Gasteiger partial charge in [0, 0.05) is 39.6 Å². The van der Waals surface area contributed by atoms with E-state index in [4.69, 9.17) is 0 Å². The number of hydrogen-bond acceptors (Lipinski definition) is 3. The van der Waals surface area contributed by atoms with Gasteiger partial charge in [-0.1, -0.05) is 24.3 Å². The second-order valence-corrected chi connectivity index (χ2v) is 5.23. The fourth-order valence-corrected chi connectivity index (χ4v) is 2.00. The monoisotopic (exact) mass is 269 g/mol. The van der Waals surface area contributed by atoms with Crippen molar-refractivity contribution in [2.45, 2.75) is 0 Å². The zero-order valence-electron chi connectivity index (χ0n) is 12.5. The summed E-state index contributed by atoms with van der Waals surface area (Å²) in [7, 11) is 7.99. The second kappa shape index (κ2) is 5.97. The van der Waals surface area contributed by atoms with Crippen molar-refractivity contribution in [3.8, 4) is 0 Å². The fourth-order valence-electron chi connectivity index (χ4n) is 2.00. The normalized spacial score (nSPS) is 10.7. The topological polar surface area (TPSA) is 26.7 Å². The summed E-state index contributed by atoms with van der Waals surface area (Å²) in [4.78, 5) is 4.07. The lowest BCUT2D eigenvalue weighted by atomic mass is 10.0. The van der Waals surface area contributed by atoms with Crippen LogP contribution in [0.15, 0.2) is 48.5 Å². The molecule has 2 aromatic carbocycles. The minimum absolute atomic E-state index is 0.306. The van der Waals surface area contributed by atoms with Gasteiger partial charge in [-0.2, -0.15) is 0 Å². The average Bonchev–Trinajstić information content (AvgIpc) is 2.46. The van der Waals surface area contributed by atoms with Crippen molar-refractivity contribution in [2.24, 2.45) is 0 Å². The van der Waals surface area contributed by atoms with E-state index in [0.717, 1.165) is 22.5 Å². The molecule has 0 spiro atoms. The van der Waals surface area contributed by atoms with Gasteiger partial charge < -0.3 is 14.9 Å². The third-order valence-electron chi connectivity index (χ3n) is 3.31. The molecule has 0 aromatic heterocycles. The van der Waals surface area contributed by atoms with Crippen LogP contribution in [0.25, 0.3) is 0 Å². The summed E-state index contributed by atoms with van der Waals surface area (Å²) in [6, 6.07) is 15.7. The predicted molar refractivity (Wildman–Crippen MR) is 84.9 cm³/mol. The number of anilines is 2. The van der Waals surface area contributed by atoms with Crippen LogP contribution in [-0.2, 0) is 0 Å². The number of rotatable bonds is 4. The number of benzene rings is 2. The predicted octanol–water partition coefficient (Wildman–Crippen LogP) is 3.12. The van der Waals surface area contributed by atoms with Crippen LogP contribution < -0.4 is 9.80 Å². The van der Waals surface area contributed by atoms with E-state index in [-0.39, 0.29) is 0 Å². The lowest BCUT2D eigenvalue weighted by Crippen LogP contribution is -2.09. The second-order valence-electron chi connectivity index (χ2n) is 5.23. The van der Waals surface area contributed by atoms with Crippen LogP contribution in [0.2, 0.25) is 0 Å². The molecule has 0 unspecified atom stereocenters. The Morgan fingerprint density at radius 3 is 1.20 bits per heavy atom. The smallest absolute Gasteiger partial charge is 0.152 e. The van der Waals surface area contributed by atoms with Gasteiger partial charge in [-0.3, -0.25) is 0 Å². The molecule has 1 radical (unpaired) electrons. The van der Waals surface area contributed by atoms with Crippen LogP contribution in [0.3, 0.4) is 0 Å². The van der Waals surface area contributed by atoms with E-state index in [1.165, 1.54) is 0 Å². The Labute approximate surface area is 121 Å². The molecule has 2 aromatic rings. The summed E-state index contributed by atoms with van der Waals surface area (Å²) in [5.74, 6) is 0. The van der Waals surface area contributed by atoms with Gasteiger partial charge in [-0.05, 0) is 35.4 Å². The van der Waals surface area contributed by atoms with Gasteiger partial charge in [-0.25, -0.2) is 0 Å². The zero-order chi connectivity index (χ0) is 14.7. The molecule has 3 heteroatoms. The summed E-state index contributed by atoms with van der Waals surface area (Å²) in [5, 5.41) is 10.3. The van der Waals surface area contributed by atoms with E-state index in [1.54, 1.807) is 0 Å². The molecule has 20 heavy (non-hydrogen) atoms. The van der Waals surface area contributed by atoms with Gasteiger partial charge in [0.1, 0.15) is 0 Å². The Bertz CT molecular complexity index is 493. The third kappa shape index (κ3) is 3.11. The van der Waals surface area contributed by atoms with Crippen LogP contribution in [-0.4, -0.2) is 33.3 Å². The highest BCUT2D eigenvalue weighted by Gasteiger charge is 2.12. The van der Waals surface area contributed by atoms with E-state index in [2.05, 4.69) is 0 Å². The summed E-state index contributed by atoms with van der Waals surface area (Å²) in [6.07, 6.45) is 0.306. The highest BCUT2D eigenvalue weighted by molar-refractivity contribution is 5.53. The highest BCUT2D eigenvalue weighted by atomic mass is 16.3. The van der Waals surface area contributed by atoms with Crippen LogP contribution in [0.5, 0.6) is 0 Å². The number of hydrogen-bond donors (Lipinski definition) is 1. The highest BCUT2D eigenvalue weighted by Crippen LogP contribution is 2.24. The van der Waals surface area contributed by atoms with E-state index < -0.39 is 0 Å². The average molecular weight is 269 g/mol. The largest absolute Gasteiger partial charge is 0.378 e. The number of nitrogens with zero attached hydrogens (tertiary/aromatic N) is 2. The first-order chi connectivity index (χ1) is 9.49. The molecule has 1 N–H and O–H groups in total. The van der Waals surface area contributed by atoms with Gasteiger partial charge in [0.15, 0.2) is 6.10 Å². The number of aliphatic hydroxyl groups is 1. The number of aliphatic hydroxyl groups excluding tert-OH is 1. The summed E-state index contributed by atoms with van der Waals surface area (Å²) in [6.45, 7) is 0. The first kappa shape index (κ1) is 14.4. The lowest BCUT2D eigenvalue weighted by Gasteiger charge is -2.16. The molecule has 2 rings (SSSR count). The van der Waals surface area contributed by atoms with Gasteiger partial charge in [0.05, 0.1) is 0 Å². The summed E-state index contributed by atoms with van der Waals surface area (Å²) >= 11 is 0. The molecule has 0 aliphatic heterocycles. The van der Waals surface area contributed by atoms with Gasteiger partial charge in [0.25, 0.3) is 0 Å². The van der Waals surface area contributed by atoms with Gasteiger partial charge in [-0.15, -0.1) is 0 Å².